The maximum absolute atomic E-state index is 12.9. The summed E-state index contributed by atoms with van der Waals surface area (Å²) in [5, 5.41) is 2.91. The van der Waals surface area contributed by atoms with Crippen LogP contribution in [0, 0.1) is 11.7 Å². The molecule has 1 aromatic rings. The fraction of sp³-hybridized carbons (Fsp3) is 0.600. The maximum Gasteiger partial charge on any atom is 0.242 e. The highest BCUT2D eigenvalue weighted by Gasteiger charge is 2.39. The van der Waals surface area contributed by atoms with Crippen molar-refractivity contribution in [2.75, 3.05) is 13.1 Å². The minimum atomic E-state index is -0.698. The van der Waals surface area contributed by atoms with Crippen molar-refractivity contribution in [2.45, 2.75) is 57.0 Å². The van der Waals surface area contributed by atoms with Crippen molar-refractivity contribution in [2.24, 2.45) is 11.7 Å². The molecule has 2 fully saturated rings. The molecule has 0 bridgehead atoms. The summed E-state index contributed by atoms with van der Waals surface area (Å²) in [6, 6.07) is 6.11. The zero-order chi connectivity index (χ0) is 18.6. The van der Waals surface area contributed by atoms with Gasteiger partial charge in [-0.05, 0) is 43.4 Å². The molecule has 1 aliphatic carbocycles. The second kappa shape index (κ2) is 8.16. The number of likely N-dealkylation sites (tertiary alicyclic amines) is 1. The van der Waals surface area contributed by atoms with Gasteiger partial charge >= 0.3 is 0 Å². The Morgan fingerprint density at radius 2 is 1.73 bits per heavy atom. The number of nitrogens with one attached hydrogen (secondary N) is 1. The van der Waals surface area contributed by atoms with Crippen molar-refractivity contribution in [1.82, 2.24) is 10.2 Å². The molecule has 0 radical (unpaired) electrons. The van der Waals surface area contributed by atoms with Crippen molar-refractivity contribution in [3.63, 3.8) is 0 Å². The predicted octanol–water partition coefficient (Wildman–Crippen LogP) is 2.34. The number of benzene rings is 1. The Morgan fingerprint density at radius 3 is 2.35 bits per heavy atom. The fourth-order valence-electron chi connectivity index (χ4n) is 3.99. The van der Waals surface area contributed by atoms with Gasteiger partial charge in [0.05, 0.1) is 5.54 Å². The lowest BCUT2D eigenvalue weighted by Crippen LogP contribution is -2.58. The van der Waals surface area contributed by atoms with Gasteiger partial charge in [0.1, 0.15) is 5.82 Å². The number of amides is 2. The number of nitrogens with zero attached hydrogens (tertiary/aromatic N) is 1. The van der Waals surface area contributed by atoms with E-state index in [1.807, 2.05) is 4.90 Å². The van der Waals surface area contributed by atoms with Crippen LogP contribution in [0.1, 0.15) is 50.5 Å². The third kappa shape index (κ3) is 4.41. The number of rotatable bonds is 4. The molecule has 2 amide bonds. The second-order valence-corrected chi connectivity index (χ2v) is 7.63. The van der Waals surface area contributed by atoms with Crippen molar-refractivity contribution in [1.29, 1.82) is 0 Å². The van der Waals surface area contributed by atoms with Crippen LogP contribution >= 0.6 is 0 Å². The number of piperidine rings is 1. The standard InChI is InChI=1S/C20H28FN3O2/c21-17-6-4-15(5-7-17)14-23-18(25)16-8-12-24(13-9-16)19(26)20(22)10-2-1-3-11-20/h4-7,16H,1-3,8-14,22H2,(H,23,25). The molecule has 0 spiro atoms. The fourth-order valence-corrected chi connectivity index (χ4v) is 3.99. The first-order valence-electron chi connectivity index (χ1n) is 9.58. The van der Waals surface area contributed by atoms with Gasteiger partial charge in [-0.1, -0.05) is 31.4 Å². The molecular formula is C20H28FN3O2. The Morgan fingerprint density at radius 1 is 1.12 bits per heavy atom. The highest BCUT2D eigenvalue weighted by atomic mass is 19.1. The Balaban J connectivity index is 1.46. The Bertz CT molecular complexity index is 633. The van der Waals surface area contributed by atoms with Crippen LogP contribution in [0.4, 0.5) is 4.39 Å². The molecular weight excluding hydrogens is 333 g/mol. The van der Waals surface area contributed by atoms with Crippen LogP contribution < -0.4 is 11.1 Å². The molecule has 142 valence electrons. The highest BCUT2D eigenvalue weighted by Crippen LogP contribution is 2.29. The van der Waals surface area contributed by atoms with Gasteiger partial charge in [0, 0.05) is 25.6 Å². The number of hydrogen-bond donors (Lipinski definition) is 2. The van der Waals surface area contributed by atoms with E-state index >= 15 is 0 Å². The first kappa shape index (κ1) is 18.8. The second-order valence-electron chi connectivity index (χ2n) is 7.63. The largest absolute Gasteiger partial charge is 0.352 e. The maximum atomic E-state index is 12.9. The zero-order valence-corrected chi connectivity index (χ0v) is 15.2. The average Bonchev–Trinajstić information content (AvgIpc) is 2.67. The first-order chi connectivity index (χ1) is 12.5. The van der Waals surface area contributed by atoms with E-state index in [0.717, 1.165) is 37.7 Å². The molecule has 26 heavy (non-hydrogen) atoms. The number of carbonyl (C=O) groups is 2. The minimum Gasteiger partial charge on any atom is -0.352 e. The molecule has 1 saturated heterocycles. The van der Waals surface area contributed by atoms with Crippen LogP contribution in [0.3, 0.4) is 0 Å². The third-order valence-corrected chi connectivity index (χ3v) is 5.70. The smallest absolute Gasteiger partial charge is 0.242 e. The van der Waals surface area contributed by atoms with E-state index in [9.17, 15) is 14.0 Å². The molecule has 0 atom stereocenters. The van der Waals surface area contributed by atoms with E-state index in [2.05, 4.69) is 5.32 Å². The van der Waals surface area contributed by atoms with Crippen LogP contribution in [0.25, 0.3) is 0 Å². The summed E-state index contributed by atoms with van der Waals surface area (Å²) < 4.78 is 12.9. The lowest BCUT2D eigenvalue weighted by atomic mass is 9.81. The third-order valence-electron chi connectivity index (χ3n) is 5.70. The summed E-state index contributed by atoms with van der Waals surface area (Å²) in [7, 11) is 0. The number of halogens is 1. The summed E-state index contributed by atoms with van der Waals surface area (Å²) in [6.45, 7) is 1.57. The van der Waals surface area contributed by atoms with Gasteiger partial charge in [-0.2, -0.15) is 0 Å². The molecule has 2 aliphatic rings. The molecule has 5 nitrogen and oxygen atoms in total. The summed E-state index contributed by atoms with van der Waals surface area (Å²) in [5.41, 5.74) is 6.53. The van der Waals surface area contributed by atoms with Gasteiger partial charge in [0.2, 0.25) is 11.8 Å². The molecule has 1 heterocycles. The van der Waals surface area contributed by atoms with Crippen LogP contribution in [-0.4, -0.2) is 35.3 Å². The van der Waals surface area contributed by atoms with Crippen molar-refractivity contribution >= 4 is 11.8 Å². The lowest BCUT2D eigenvalue weighted by Gasteiger charge is -2.39. The van der Waals surface area contributed by atoms with Crippen molar-refractivity contribution in [3.05, 3.63) is 35.6 Å². The predicted molar refractivity (Wildman–Crippen MR) is 97.6 cm³/mol. The van der Waals surface area contributed by atoms with Gasteiger partial charge in [-0.3, -0.25) is 9.59 Å². The summed E-state index contributed by atoms with van der Waals surface area (Å²) in [6.07, 6.45) is 6.06. The van der Waals surface area contributed by atoms with E-state index < -0.39 is 5.54 Å². The summed E-state index contributed by atoms with van der Waals surface area (Å²) in [4.78, 5) is 27.0. The van der Waals surface area contributed by atoms with E-state index in [1.54, 1.807) is 12.1 Å². The van der Waals surface area contributed by atoms with Gasteiger partial charge in [-0.15, -0.1) is 0 Å². The molecule has 0 unspecified atom stereocenters. The molecule has 3 N–H and O–H groups in total. The van der Waals surface area contributed by atoms with Gasteiger partial charge in [-0.25, -0.2) is 4.39 Å². The summed E-state index contributed by atoms with van der Waals surface area (Å²) in [5.74, 6) is -0.309. The Labute approximate surface area is 154 Å². The monoisotopic (exact) mass is 361 g/mol. The van der Waals surface area contributed by atoms with Crippen LogP contribution in [-0.2, 0) is 16.1 Å². The average molecular weight is 361 g/mol. The van der Waals surface area contributed by atoms with Crippen LogP contribution in [0.2, 0.25) is 0 Å². The lowest BCUT2D eigenvalue weighted by molar-refractivity contribution is -0.141. The Hall–Kier alpha value is -1.95. The minimum absolute atomic E-state index is 0.00144. The van der Waals surface area contributed by atoms with E-state index in [0.29, 0.717) is 32.5 Å². The highest BCUT2D eigenvalue weighted by molar-refractivity contribution is 5.86. The van der Waals surface area contributed by atoms with E-state index in [4.69, 9.17) is 5.73 Å². The van der Waals surface area contributed by atoms with Crippen molar-refractivity contribution < 1.29 is 14.0 Å². The molecule has 1 saturated carbocycles. The number of hydrogen-bond acceptors (Lipinski definition) is 3. The van der Waals surface area contributed by atoms with E-state index in [-0.39, 0.29) is 23.5 Å². The van der Waals surface area contributed by atoms with E-state index in [1.165, 1.54) is 12.1 Å². The van der Waals surface area contributed by atoms with Crippen molar-refractivity contribution in [3.8, 4) is 0 Å². The molecule has 3 rings (SSSR count). The van der Waals surface area contributed by atoms with Gasteiger partial charge in [0.25, 0.3) is 0 Å². The number of carbonyl (C=O) groups excluding carboxylic acids is 2. The molecule has 1 aliphatic heterocycles. The normalized spacial score (nSPS) is 20.6. The van der Waals surface area contributed by atoms with Gasteiger partial charge in [0.15, 0.2) is 0 Å². The van der Waals surface area contributed by atoms with Crippen LogP contribution in [0.15, 0.2) is 24.3 Å². The SMILES string of the molecule is NC1(C(=O)N2CCC(C(=O)NCc3ccc(F)cc3)CC2)CCCCC1. The Kier molecular flexibility index (Phi) is 5.91. The van der Waals surface area contributed by atoms with Crippen LogP contribution in [0.5, 0.6) is 0 Å². The molecule has 0 aromatic heterocycles. The number of nitrogens with two attached hydrogens (primary N) is 1. The zero-order valence-electron chi connectivity index (χ0n) is 15.2. The first-order valence-corrected chi connectivity index (χ1v) is 9.58. The molecule has 1 aromatic carbocycles. The quantitative estimate of drug-likeness (QED) is 0.864. The van der Waals surface area contributed by atoms with Gasteiger partial charge < -0.3 is 16.0 Å². The topological polar surface area (TPSA) is 75.4 Å². The summed E-state index contributed by atoms with van der Waals surface area (Å²) >= 11 is 0. The molecule has 6 heteroatoms.